The van der Waals surface area contributed by atoms with Gasteiger partial charge in [-0.25, -0.2) is 4.52 Å². The Morgan fingerprint density at radius 3 is 2.89 bits per heavy atom. The molecule has 1 N–H and O–H groups in total. The van der Waals surface area contributed by atoms with E-state index in [2.05, 4.69) is 5.10 Å². The van der Waals surface area contributed by atoms with Crippen molar-refractivity contribution in [2.24, 2.45) is 0 Å². The molecule has 0 fully saturated rings. The number of carbonyl (C=O) groups excluding carboxylic acids is 1. The second-order valence-electron chi connectivity index (χ2n) is 5.13. The lowest BCUT2D eigenvalue weighted by atomic mass is 10.1. The van der Waals surface area contributed by atoms with E-state index in [-0.39, 0.29) is 12.4 Å². The molecule has 2 aromatic heterocycles. The van der Waals surface area contributed by atoms with E-state index in [0.29, 0.717) is 17.7 Å². The van der Waals surface area contributed by atoms with Gasteiger partial charge in [-0.2, -0.15) is 5.10 Å². The summed E-state index contributed by atoms with van der Waals surface area (Å²) in [6.07, 6.45) is 3.75. The van der Waals surface area contributed by atoms with Crippen LogP contribution in [0.2, 0.25) is 0 Å². The maximum atomic E-state index is 11.8. The highest BCUT2D eigenvalue weighted by Crippen LogP contribution is 2.20. The van der Waals surface area contributed by atoms with Gasteiger partial charge in [-0.1, -0.05) is 6.92 Å². The number of ketones is 1. The molecule has 102 valence electrons. The number of fused-ring (bicyclic) bond motifs is 1. The summed E-state index contributed by atoms with van der Waals surface area (Å²) in [6, 6.07) is 3.52. The number of hydrogen-bond donors (Lipinski definition) is 1. The van der Waals surface area contributed by atoms with Crippen LogP contribution in [0.15, 0.2) is 24.5 Å². The average molecular weight is 262 g/mol. The number of rotatable bonds is 5. The zero-order chi connectivity index (χ0) is 14.0. The molecule has 0 aliphatic rings. The Hall–Kier alpha value is -1.88. The standard InChI is InChI=1S/C14H18N2O3/c1-4-13(17)11-8-15-16-6-5-10(7-12(11)16)19-9-14(2,3)18/h5-8,18H,4,9H2,1-3H3. The fourth-order valence-corrected chi connectivity index (χ4v) is 1.72. The number of aliphatic hydroxyl groups is 1. The van der Waals surface area contributed by atoms with Gasteiger partial charge in [0.05, 0.1) is 22.9 Å². The van der Waals surface area contributed by atoms with Crippen LogP contribution in [-0.2, 0) is 0 Å². The highest BCUT2D eigenvalue weighted by molar-refractivity contribution is 6.02. The number of Topliss-reactive ketones (excluding diaryl/α,β-unsaturated/α-hetero) is 1. The lowest BCUT2D eigenvalue weighted by Gasteiger charge is -2.17. The van der Waals surface area contributed by atoms with E-state index in [1.54, 1.807) is 42.9 Å². The summed E-state index contributed by atoms with van der Waals surface area (Å²) in [4.78, 5) is 11.8. The van der Waals surface area contributed by atoms with Crippen molar-refractivity contribution in [2.45, 2.75) is 32.8 Å². The van der Waals surface area contributed by atoms with E-state index in [1.807, 2.05) is 6.92 Å². The second kappa shape index (κ2) is 5.01. The first-order chi connectivity index (χ1) is 8.90. The van der Waals surface area contributed by atoms with Crippen LogP contribution in [0.25, 0.3) is 5.52 Å². The third-order valence-corrected chi connectivity index (χ3v) is 2.71. The molecular formula is C14H18N2O3. The van der Waals surface area contributed by atoms with Gasteiger partial charge in [0.15, 0.2) is 5.78 Å². The molecule has 0 aromatic carbocycles. The van der Waals surface area contributed by atoms with Gasteiger partial charge in [0.25, 0.3) is 0 Å². The number of carbonyl (C=O) groups is 1. The molecule has 2 aromatic rings. The predicted octanol–water partition coefficient (Wildman–Crippen LogP) is 2.08. The van der Waals surface area contributed by atoms with Crippen LogP contribution >= 0.6 is 0 Å². The molecule has 0 saturated heterocycles. The van der Waals surface area contributed by atoms with Gasteiger partial charge >= 0.3 is 0 Å². The third kappa shape index (κ3) is 3.12. The molecule has 0 spiro atoms. The van der Waals surface area contributed by atoms with Crippen LogP contribution in [0.1, 0.15) is 37.6 Å². The van der Waals surface area contributed by atoms with E-state index in [9.17, 15) is 9.90 Å². The van der Waals surface area contributed by atoms with Gasteiger partial charge in [-0.3, -0.25) is 4.79 Å². The van der Waals surface area contributed by atoms with Gasteiger partial charge in [0, 0.05) is 18.7 Å². The summed E-state index contributed by atoms with van der Waals surface area (Å²) in [7, 11) is 0. The number of aromatic nitrogens is 2. The van der Waals surface area contributed by atoms with E-state index >= 15 is 0 Å². The van der Waals surface area contributed by atoms with E-state index < -0.39 is 5.60 Å². The fourth-order valence-electron chi connectivity index (χ4n) is 1.72. The van der Waals surface area contributed by atoms with Crippen LogP contribution in [0.5, 0.6) is 5.75 Å². The molecule has 0 atom stereocenters. The fraction of sp³-hybridized carbons (Fsp3) is 0.429. The van der Waals surface area contributed by atoms with E-state index in [1.165, 1.54) is 0 Å². The summed E-state index contributed by atoms with van der Waals surface area (Å²) in [5.74, 6) is 0.662. The van der Waals surface area contributed by atoms with Crippen molar-refractivity contribution in [3.05, 3.63) is 30.1 Å². The molecule has 0 amide bonds. The molecule has 19 heavy (non-hydrogen) atoms. The number of nitrogens with zero attached hydrogens (tertiary/aromatic N) is 2. The minimum absolute atomic E-state index is 0.0506. The Kier molecular flexibility index (Phi) is 3.57. The molecule has 0 aliphatic heterocycles. The van der Waals surface area contributed by atoms with Crippen LogP contribution in [0.3, 0.4) is 0 Å². The summed E-state index contributed by atoms with van der Waals surface area (Å²) in [5.41, 5.74) is 0.422. The van der Waals surface area contributed by atoms with Crippen molar-refractivity contribution in [1.82, 2.24) is 9.61 Å². The van der Waals surface area contributed by atoms with Crippen LogP contribution in [-0.4, -0.2) is 32.7 Å². The highest BCUT2D eigenvalue weighted by atomic mass is 16.5. The molecule has 0 radical (unpaired) electrons. The number of pyridine rings is 1. The lowest BCUT2D eigenvalue weighted by Crippen LogP contribution is -2.27. The maximum Gasteiger partial charge on any atom is 0.166 e. The topological polar surface area (TPSA) is 63.8 Å². The third-order valence-electron chi connectivity index (χ3n) is 2.71. The number of hydrogen-bond acceptors (Lipinski definition) is 4. The van der Waals surface area contributed by atoms with Gasteiger partial charge in [0.2, 0.25) is 0 Å². The number of ether oxygens (including phenoxy) is 1. The summed E-state index contributed by atoms with van der Waals surface area (Å²) < 4.78 is 7.15. The van der Waals surface area contributed by atoms with Crippen molar-refractivity contribution in [1.29, 1.82) is 0 Å². The molecule has 2 heterocycles. The first kappa shape index (κ1) is 13.5. The first-order valence-electron chi connectivity index (χ1n) is 6.26. The smallest absolute Gasteiger partial charge is 0.166 e. The molecule has 5 nitrogen and oxygen atoms in total. The first-order valence-corrected chi connectivity index (χ1v) is 6.26. The molecule has 0 aliphatic carbocycles. The molecular weight excluding hydrogens is 244 g/mol. The SMILES string of the molecule is CCC(=O)c1cnn2ccc(OCC(C)(C)O)cc12. The van der Waals surface area contributed by atoms with Gasteiger partial charge in [-0.05, 0) is 19.9 Å². The van der Waals surface area contributed by atoms with E-state index in [0.717, 1.165) is 5.52 Å². The Bertz CT molecular complexity index is 596. The Morgan fingerprint density at radius 1 is 1.53 bits per heavy atom. The summed E-state index contributed by atoms with van der Waals surface area (Å²) >= 11 is 0. The van der Waals surface area contributed by atoms with Crippen molar-refractivity contribution in [3.63, 3.8) is 0 Å². The monoisotopic (exact) mass is 262 g/mol. The largest absolute Gasteiger partial charge is 0.490 e. The van der Waals surface area contributed by atoms with Crippen LogP contribution < -0.4 is 4.74 Å². The quantitative estimate of drug-likeness (QED) is 0.838. The van der Waals surface area contributed by atoms with Crippen molar-refractivity contribution in [3.8, 4) is 5.75 Å². The van der Waals surface area contributed by atoms with Gasteiger partial charge < -0.3 is 9.84 Å². The van der Waals surface area contributed by atoms with Crippen molar-refractivity contribution < 1.29 is 14.6 Å². The van der Waals surface area contributed by atoms with Crippen LogP contribution in [0.4, 0.5) is 0 Å². The highest BCUT2D eigenvalue weighted by Gasteiger charge is 2.15. The molecule has 2 rings (SSSR count). The Balaban J connectivity index is 2.30. The minimum Gasteiger partial charge on any atom is -0.490 e. The van der Waals surface area contributed by atoms with Gasteiger partial charge in [0.1, 0.15) is 12.4 Å². The summed E-state index contributed by atoms with van der Waals surface area (Å²) in [6.45, 7) is 5.36. The average Bonchev–Trinajstić information content (AvgIpc) is 2.77. The Labute approximate surface area is 111 Å². The summed E-state index contributed by atoms with van der Waals surface area (Å²) in [5, 5.41) is 13.8. The molecule has 0 saturated carbocycles. The maximum absolute atomic E-state index is 11.8. The Morgan fingerprint density at radius 2 is 2.26 bits per heavy atom. The zero-order valence-corrected chi connectivity index (χ0v) is 11.4. The predicted molar refractivity (Wildman–Crippen MR) is 71.6 cm³/mol. The lowest BCUT2D eigenvalue weighted by molar-refractivity contribution is 0.0285. The van der Waals surface area contributed by atoms with E-state index in [4.69, 9.17) is 4.74 Å². The molecule has 0 bridgehead atoms. The van der Waals surface area contributed by atoms with Gasteiger partial charge in [-0.15, -0.1) is 0 Å². The molecule has 0 unspecified atom stereocenters. The van der Waals surface area contributed by atoms with Crippen LogP contribution in [0, 0.1) is 0 Å². The normalized spacial score (nSPS) is 11.8. The molecule has 5 heteroatoms. The minimum atomic E-state index is -0.894. The van der Waals surface area contributed by atoms with Crippen molar-refractivity contribution in [2.75, 3.05) is 6.61 Å². The van der Waals surface area contributed by atoms with Crippen molar-refractivity contribution >= 4 is 11.3 Å². The zero-order valence-electron chi connectivity index (χ0n) is 11.4. The second-order valence-corrected chi connectivity index (χ2v) is 5.13.